The number of piperidine rings is 1. The van der Waals surface area contributed by atoms with Crippen LogP contribution in [0.15, 0.2) is 12.1 Å². The maximum Gasteiger partial charge on any atom is 0.274 e. The van der Waals surface area contributed by atoms with Gasteiger partial charge < -0.3 is 9.64 Å². The van der Waals surface area contributed by atoms with Crippen molar-refractivity contribution in [3.63, 3.8) is 0 Å². The number of imidazole rings is 1. The maximum absolute atomic E-state index is 13.1. The Morgan fingerprint density at radius 1 is 1.43 bits per heavy atom. The van der Waals surface area contributed by atoms with E-state index in [9.17, 15) is 4.79 Å². The predicted molar refractivity (Wildman–Crippen MR) is 87.8 cm³/mol. The van der Waals surface area contributed by atoms with Crippen LogP contribution in [0, 0.1) is 12.3 Å². The second-order valence-electron chi connectivity index (χ2n) is 6.69. The number of carbonyl (C=O) groups excluding carboxylic acids is 1. The van der Waals surface area contributed by atoms with Crippen LogP contribution in [0.25, 0.3) is 5.65 Å². The lowest BCUT2D eigenvalue weighted by Gasteiger charge is -2.40. The number of aromatic nitrogens is 3. The molecule has 0 radical (unpaired) electrons. The van der Waals surface area contributed by atoms with Gasteiger partial charge in [0, 0.05) is 19.2 Å². The quantitative estimate of drug-likeness (QED) is 0.873. The van der Waals surface area contributed by atoms with Crippen LogP contribution in [0.1, 0.15) is 49.3 Å². The van der Waals surface area contributed by atoms with Crippen LogP contribution in [0.2, 0.25) is 0 Å². The van der Waals surface area contributed by atoms with E-state index in [0.717, 1.165) is 25.9 Å². The van der Waals surface area contributed by atoms with Gasteiger partial charge in [0.2, 0.25) is 5.88 Å². The smallest absolute Gasteiger partial charge is 0.274 e. The number of hydrogen-bond donors (Lipinski definition) is 0. The molecule has 23 heavy (non-hydrogen) atoms. The Bertz CT molecular complexity index is 740. The molecule has 0 spiro atoms. The summed E-state index contributed by atoms with van der Waals surface area (Å²) < 4.78 is 6.78. The zero-order valence-corrected chi connectivity index (χ0v) is 14.3. The first kappa shape index (κ1) is 15.8. The van der Waals surface area contributed by atoms with Gasteiger partial charge in [-0.1, -0.05) is 13.8 Å². The summed E-state index contributed by atoms with van der Waals surface area (Å²) in [5, 5.41) is 4.37. The van der Waals surface area contributed by atoms with E-state index in [1.807, 2.05) is 17.9 Å². The predicted octanol–water partition coefficient (Wildman–Crippen LogP) is 2.70. The van der Waals surface area contributed by atoms with E-state index in [1.165, 1.54) is 6.42 Å². The highest BCUT2D eigenvalue weighted by molar-refractivity contribution is 5.94. The van der Waals surface area contributed by atoms with Gasteiger partial charge in [-0.15, -0.1) is 5.10 Å². The summed E-state index contributed by atoms with van der Waals surface area (Å²) >= 11 is 0. The van der Waals surface area contributed by atoms with Crippen molar-refractivity contribution >= 4 is 11.6 Å². The number of ether oxygens (including phenoxy) is 1. The molecule has 1 unspecified atom stereocenters. The van der Waals surface area contributed by atoms with Crippen molar-refractivity contribution in [3.8, 4) is 5.88 Å². The lowest BCUT2D eigenvalue weighted by molar-refractivity contribution is 0.0534. The van der Waals surface area contributed by atoms with E-state index in [2.05, 4.69) is 23.9 Å². The monoisotopic (exact) mass is 316 g/mol. The van der Waals surface area contributed by atoms with E-state index in [-0.39, 0.29) is 11.3 Å². The Hall–Kier alpha value is -2.11. The van der Waals surface area contributed by atoms with Gasteiger partial charge in [-0.05, 0) is 37.7 Å². The van der Waals surface area contributed by atoms with Crippen molar-refractivity contribution in [2.75, 3.05) is 20.2 Å². The van der Waals surface area contributed by atoms with Gasteiger partial charge in [0.25, 0.3) is 5.91 Å². The maximum atomic E-state index is 13.1. The molecule has 0 N–H and O–H groups in total. The van der Waals surface area contributed by atoms with Crippen molar-refractivity contribution in [1.29, 1.82) is 0 Å². The Morgan fingerprint density at radius 3 is 2.91 bits per heavy atom. The Labute approximate surface area is 136 Å². The average molecular weight is 316 g/mol. The van der Waals surface area contributed by atoms with Crippen molar-refractivity contribution < 1.29 is 9.53 Å². The number of nitrogens with zero attached hydrogens (tertiary/aromatic N) is 4. The van der Waals surface area contributed by atoms with Gasteiger partial charge in [-0.3, -0.25) is 4.79 Å². The molecule has 2 aromatic heterocycles. The normalized spacial score (nSPS) is 21.7. The molecule has 1 aliphatic rings. The number of rotatable bonds is 3. The number of hydrogen-bond acceptors (Lipinski definition) is 4. The SMILES string of the molecule is CCC1(C)CCCN(C(=O)c2c(C)nc3ccc(OC)nn23)C1. The average Bonchev–Trinajstić information content (AvgIpc) is 2.89. The molecular weight excluding hydrogens is 292 g/mol. The molecule has 0 bridgehead atoms. The molecular formula is C17H24N4O2. The third kappa shape index (κ3) is 2.78. The molecule has 1 fully saturated rings. The summed E-state index contributed by atoms with van der Waals surface area (Å²) in [6.45, 7) is 7.90. The zero-order chi connectivity index (χ0) is 16.6. The Kier molecular flexibility index (Phi) is 4.00. The number of likely N-dealkylation sites (tertiary alicyclic amines) is 1. The fraction of sp³-hybridized carbons (Fsp3) is 0.588. The molecule has 0 saturated carbocycles. The lowest BCUT2D eigenvalue weighted by atomic mass is 9.79. The molecule has 1 aliphatic heterocycles. The van der Waals surface area contributed by atoms with Gasteiger partial charge >= 0.3 is 0 Å². The minimum Gasteiger partial charge on any atom is -0.480 e. The van der Waals surface area contributed by atoms with Crippen LogP contribution in [0.5, 0.6) is 5.88 Å². The van der Waals surface area contributed by atoms with Crippen LogP contribution in [0.3, 0.4) is 0 Å². The van der Waals surface area contributed by atoms with E-state index < -0.39 is 0 Å². The van der Waals surface area contributed by atoms with Crippen LogP contribution in [0.4, 0.5) is 0 Å². The standard InChI is InChI=1S/C17H24N4O2/c1-5-17(3)9-6-10-20(11-17)16(22)15-12(2)18-13-7-8-14(23-4)19-21(13)15/h7-8H,5-6,9-11H2,1-4H3. The number of aryl methyl sites for hydroxylation is 1. The summed E-state index contributed by atoms with van der Waals surface area (Å²) in [6, 6.07) is 3.58. The van der Waals surface area contributed by atoms with E-state index in [4.69, 9.17) is 4.74 Å². The summed E-state index contributed by atoms with van der Waals surface area (Å²) in [7, 11) is 1.57. The Balaban J connectivity index is 1.99. The minimum atomic E-state index is 0.00938. The fourth-order valence-electron chi connectivity index (χ4n) is 3.31. The summed E-state index contributed by atoms with van der Waals surface area (Å²) in [4.78, 5) is 19.5. The van der Waals surface area contributed by atoms with E-state index in [0.29, 0.717) is 22.9 Å². The highest BCUT2D eigenvalue weighted by atomic mass is 16.5. The second kappa shape index (κ2) is 5.83. The van der Waals surface area contributed by atoms with Crippen LogP contribution < -0.4 is 4.74 Å². The largest absolute Gasteiger partial charge is 0.480 e. The lowest BCUT2D eigenvalue weighted by Crippen LogP contribution is -2.45. The number of fused-ring (bicyclic) bond motifs is 1. The minimum absolute atomic E-state index is 0.00938. The molecule has 1 atom stereocenters. The van der Waals surface area contributed by atoms with Crippen LogP contribution in [-0.4, -0.2) is 45.6 Å². The fourth-order valence-corrected chi connectivity index (χ4v) is 3.31. The van der Waals surface area contributed by atoms with Gasteiger partial charge in [-0.2, -0.15) is 0 Å². The van der Waals surface area contributed by atoms with E-state index >= 15 is 0 Å². The van der Waals surface area contributed by atoms with Crippen LogP contribution in [-0.2, 0) is 0 Å². The van der Waals surface area contributed by atoms with Crippen molar-refractivity contribution in [1.82, 2.24) is 19.5 Å². The summed E-state index contributed by atoms with van der Waals surface area (Å²) in [5.74, 6) is 0.483. The number of amides is 1. The topological polar surface area (TPSA) is 59.7 Å². The van der Waals surface area contributed by atoms with Gasteiger partial charge in [0.1, 0.15) is 0 Å². The third-order valence-electron chi connectivity index (χ3n) is 4.96. The van der Waals surface area contributed by atoms with Crippen molar-refractivity contribution in [2.24, 2.45) is 5.41 Å². The molecule has 1 amide bonds. The van der Waals surface area contributed by atoms with E-state index in [1.54, 1.807) is 17.7 Å². The first-order valence-electron chi connectivity index (χ1n) is 8.17. The molecule has 6 heteroatoms. The first-order chi connectivity index (χ1) is 11.0. The molecule has 1 saturated heterocycles. The molecule has 0 aliphatic carbocycles. The highest BCUT2D eigenvalue weighted by Gasteiger charge is 2.33. The molecule has 2 aromatic rings. The second-order valence-corrected chi connectivity index (χ2v) is 6.69. The molecule has 3 heterocycles. The number of carbonyl (C=O) groups is 1. The number of methoxy groups -OCH3 is 1. The summed E-state index contributed by atoms with van der Waals surface area (Å²) in [5.41, 5.74) is 2.12. The third-order valence-corrected chi connectivity index (χ3v) is 4.96. The Morgan fingerprint density at radius 2 is 2.22 bits per heavy atom. The highest BCUT2D eigenvalue weighted by Crippen LogP contribution is 2.33. The molecule has 6 nitrogen and oxygen atoms in total. The zero-order valence-electron chi connectivity index (χ0n) is 14.3. The van der Waals surface area contributed by atoms with Gasteiger partial charge in [0.15, 0.2) is 11.3 Å². The summed E-state index contributed by atoms with van der Waals surface area (Å²) in [6.07, 6.45) is 3.29. The molecule has 0 aromatic carbocycles. The van der Waals surface area contributed by atoms with Crippen molar-refractivity contribution in [3.05, 3.63) is 23.5 Å². The first-order valence-corrected chi connectivity index (χ1v) is 8.17. The van der Waals surface area contributed by atoms with Crippen molar-refractivity contribution in [2.45, 2.75) is 40.0 Å². The molecule has 124 valence electrons. The molecule has 3 rings (SSSR count). The van der Waals surface area contributed by atoms with Crippen LogP contribution >= 0.6 is 0 Å². The van der Waals surface area contributed by atoms with Gasteiger partial charge in [-0.25, -0.2) is 9.50 Å². The van der Waals surface area contributed by atoms with Gasteiger partial charge in [0.05, 0.1) is 12.8 Å².